The first kappa shape index (κ1) is 21.6. The van der Waals surface area contributed by atoms with Crippen LogP contribution in [-0.4, -0.2) is 8.86 Å². The Kier molecular flexibility index (Phi) is 10.8. The lowest BCUT2D eigenvalue weighted by Crippen LogP contribution is -2.17. The number of nitrogens with one attached hydrogen (secondary N) is 1. The van der Waals surface area contributed by atoms with E-state index in [4.69, 9.17) is 5.73 Å². The van der Waals surface area contributed by atoms with E-state index in [-0.39, 0.29) is 8.86 Å². The van der Waals surface area contributed by atoms with E-state index in [1.54, 1.807) is 6.08 Å². The molecule has 0 unspecified atom stereocenters. The molecule has 0 amide bonds. The van der Waals surface area contributed by atoms with Crippen molar-refractivity contribution in [3.63, 3.8) is 0 Å². The van der Waals surface area contributed by atoms with Crippen LogP contribution in [0.25, 0.3) is 12.2 Å². The molecule has 2 aromatic rings. The summed E-state index contributed by atoms with van der Waals surface area (Å²) in [6, 6.07) is 15.9. The predicted octanol–water partition coefficient (Wildman–Crippen LogP) is 6.62. The molecule has 1 aliphatic heterocycles. The van der Waals surface area contributed by atoms with E-state index in [0.717, 1.165) is 11.3 Å². The van der Waals surface area contributed by atoms with Crippen molar-refractivity contribution in [2.45, 2.75) is 0 Å². The Labute approximate surface area is 177 Å². The average Bonchev–Trinajstić information content (AvgIpc) is 2.55. The number of halogens is 4. The molecule has 0 aromatic heterocycles. The first-order valence-electron chi connectivity index (χ1n) is 7.01. The normalized spacial score (nSPS) is 10.9. The van der Waals surface area contributed by atoms with Crippen LogP contribution in [0, 0.1) is 0 Å². The minimum absolute atomic E-state index is 0.271. The molecule has 8 heteroatoms. The zero-order valence-electron chi connectivity index (χ0n) is 12.8. The Bertz CT molecular complexity index is 678. The standard InChI is InChI=1S/C8H7BBrN.C8H9N.BBr3/c10-9-6-5-7-3-1-2-4-8(7)11-9;1-2-7-5-3-4-6-8(7)9;2-1(3)4/h1-6,11H;2-6H,1,9H2;. The van der Waals surface area contributed by atoms with Crippen LogP contribution in [0.4, 0.5) is 11.4 Å². The van der Waals surface area contributed by atoms with Gasteiger partial charge in [-0.25, -0.2) is 0 Å². The summed E-state index contributed by atoms with van der Waals surface area (Å²) in [5.41, 5.74) is 10.1. The number of nitrogen functional groups attached to an aromatic ring is 1. The van der Waals surface area contributed by atoms with Gasteiger partial charge in [0.05, 0.1) is 0 Å². The molecule has 0 fully saturated rings. The molecule has 0 atom stereocenters. The lowest BCUT2D eigenvalue weighted by atomic mass is 9.87. The molecule has 0 saturated carbocycles. The SMILES string of the molecule is BrB(Br)Br.BrB1C=Cc2ccccc2N1.C=Cc1ccccc1N. The van der Waals surface area contributed by atoms with Crippen LogP contribution < -0.4 is 11.0 Å². The number of rotatable bonds is 1. The van der Waals surface area contributed by atoms with Gasteiger partial charge in [0.15, 0.2) is 0 Å². The topological polar surface area (TPSA) is 38.0 Å². The summed E-state index contributed by atoms with van der Waals surface area (Å²) >= 11 is 12.8. The van der Waals surface area contributed by atoms with Crippen LogP contribution in [0.1, 0.15) is 11.1 Å². The minimum atomic E-state index is 0.271. The number of para-hydroxylation sites is 2. The van der Waals surface area contributed by atoms with E-state index in [1.165, 1.54) is 11.3 Å². The average molecular weight is 578 g/mol. The molecular formula is C16H16B2Br4N2. The van der Waals surface area contributed by atoms with E-state index >= 15 is 0 Å². The van der Waals surface area contributed by atoms with Gasteiger partial charge in [-0.1, -0.05) is 61.1 Å². The van der Waals surface area contributed by atoms with Crippen molar-refractivity contribution >= 4 is 95.4 Å². The number of fused-ring (bicyclic) bond motifs is 1. The Balaban J connectivity index is 0.000000201. The molecule has 24 heavy (non-hydrogen) atoms. The summed E-state index contributed by atoms with van der Waals surface area (Å²) in [6.45, 7) is 3.61. The quantitative estimate of drug-likeness (QED) is 0.296. The second-order valence-corrected chi connectivity index (χ2v) is 12.0. The summed E-state index contributed by atoms with van der Waals surface area (Å²) in [5.74, 6) is 2.09. The van der Waals surface area contributed by atoms with Crippen molar-refractivity contribution < 1.29 is 0 Å². The molecule has 0 spiro atoms. The molecular weight excluding hydrogens is 561 g/mol. The summed E-state index contributed by atoms with van der Waals surface area (Å²) in [6.07, 6.45) is 3.86. The van der Waals surface area contributed by atoms with Crippen molar-refractivity contribution in [1.82, 2.24) is 0 Å². The Hall–Kier alpha value is -0.430. The van der Waals surface area contributed by atoms with Crippen LogP contribution in [-0.2, 0) is 0 Å². The van der Waals surface area contributed by atoms with E-state index in [9.17, 15) is 0 Å². The van der Waals surface area contributed by atoms with Gasteiger partial charge in [0.1, 0.15) is 0 Å². The maximum atomic E-state index is 5.56. The third-order valence-electron chi connectivity index (χ3n) is 2.91. The number of hydrogen-bond acceptors (Lipinski definition) is 2. The minimum Gasteiger partial charge on any atom is -0.415 e. The molecule has 0 radical (unpaired) electrons. The van der Waals surface area contributed by atoms with Crippen LogP contribution in [0.3, 0.4) is 0 Å². The van der Waals surface area contributed by atoms with Crippen molar-refractivity contribution in [3.8, 4) is 0 Å². The van der Waals surface area contributed by atoms with Gasteiger partial charge < -0.3 is 11.0 Å². The molecule has 0 aliphatic carbocycles. The molecule has 0 bridgehead atoms. The van der Waals surface area contributed by atoms with Gasteiger partial charge in [-0.05, 0) is 23.3 Å². The second kappa shape index (κ2) is 12.0. The lowest BCUT2D eigenvalue weighted by molar-refractivity contribution is 1.61. The van der Waals surface area contributed by atoms with E-state index in [2.05, 4.69) is 99.0 Å². The number of hydrogen-bond donors (Lipinski definition) is 2. The number of anilines is 2. The molecule has 1 heterocycles. The van der Waals surface area contributed by atoms with Crippen LogP contribution in [0.5, 0.6) is 0 Å². The van der Waals surface area contributed by atoms with Gasteiger partial charge in [0.2, 0.25) is 0 Å². The number of nitrogens with two attached hydrogens (primary N) is 1. The molecule has 1 aliphatic rings. The Morgan fingerprint density at radius 2 is 1.62 bits per heavy atom. The highest BCUT2D eigenvalue weighted by atomic mass is 79.9. The molecule has 2 nitrogen and oxygen atoms in total. The highest BCUT2D eigenvalue weighted by Gasteiger charge is 2.11. The molecule has 124 valence electrons. The molecule has 3 N–H and O–H groups in total. The first-order valence-corrected chi connectivity index (χ1v) is 10.7. The fraction of sp³-hybridized carbons (Fsp3) is 0. The Morgan fingerprint density at radius 1 is 1.04 bits per heavy atom. The summed E-state index contributed by atoms with van der Waals surface area (Å²) < 4.78 is 0.271. The zero-order valence-corrected chi connectivity index (χ0v) is 19.1. The van der Waals surface area contributed by atoms with Gasteiger partial charge in [0, 0.05) is 11.4 Å². The van der Waals surface area contributed by atoms with Gasteiger partial charge >= 0.3 is 8.86 Å². The monoisotopic (exact) mass is 574 g/mol. The smallest absolute Gasteiger partial charge is 0.369 e. The van der Waals surface area contributed by atoms with Gasteiger partial charge in [-0.2, -0.15) is 0 Å². The summed E-state index contributed by atoms with van der Waals surface area (Å²) in [5, 5.41) is 3.29. The third-order valence-corrected chi connectivity index (χ3v) is 3.45. The van der Waals surface area contributed by atoms with Gasteiger partial charge in [-0.15, -0.1) is 63.0 Å². The van der Waals surface area contributed by atoms with Crippen molar-refractivity contribution in [2.24, 2.45) is 0 Å². The van der Waals surface area contributed by atoms with Crippen LogP contribution in [0.15, 0.2) is 61.1 Å². The predicted molar refractivity (Wildman–Crippen MR) is 127 cm³/mol. The second-order valence-electron chi connectivity index (χ2n) is 4.57. The largest absolute Gasteiger partial charge is 0.415 e. The molecule has 3 rings (SSSR count). The molecule has 0 saturated heterocycles. The van der Waals surface area contributed by atoms with Gasteiger partial charge in [-0.3, -0.25) is 0 Å². The first-order chi connectivity index (χ1) is 11.4. The van der Waals surface area contributed by atoms with Crippen molar-refractivity contribution in [3.05, 3.63) is 72.2 Å². The lowest BCUT2D eigenvalue weighted by Gasteiger charge is -2.14. The maximum absolute atomic E-state index is 5.56. The molecule has 2 aromatic carbocycles. The fourth-order valence-corrected chi connectivity index (χ4v) is 2.25. The van der Waals surface area contributed by atoms with E-state index in [1.807, 2.05) is 36.4 Å². The fourth-order valence-electron chi connectivity index (χ4n) is 1.86. The van der Waals surface area contributed by atoms with Crippen molar-refractivity contribution in [1.29, 1.82) is 0 Å². The maximum Gasteiger partial charge on any atom is 0.369 e. The van der Waals surface area contributed by atoms with E-state index < -0.39 is 0 Å². The van der Waals surface area contributed by atoms with Crippen molar-refractivity contribution in [2.75, 3.05) is 11.0 Å². The highest BCUT2D eigenvalue weighted by Crippen LogP contribution is 2.22. The van der Waals surface area contributed by atoms with Gasteiger partial charge in [0.25, 0.3) is 0 Å². The van der Waals surface area contributed by atoms with E-state index in [0.29, 0.717) is 0 Å². The summed E-state index contributed by atoms with van der Waals surface area (Å²) in [7, 11) is 0. The number of benzene rings is 2. The Morgan fingerprint density at radius 3 is 2.21 bits per heavy atom. The third kappa shape index (κ3) is 8.60. The van der Waals surface area contributed by atoms with Crippen LogP contribution in [0.2, 0.25) is 0 Å². The summed E-state index contributed by atoms with van der Waals surface area (Å²) in [4.78, 5) is 0. The highest BCUT2D eigenvalue weighted by molar-refractivity contribution is 9.69. The zero-order chi connectivity index (χ0) is 17.9. The van der Waals surface area contributed by atoms with Crippen LogP contribution >= 0.6 is 63.0 Å².